The molecule has 4 heteroatoms. The monoisotopic (exact) mass is 272 g/mol. The van der Waals surface area contributed by atoms with Crippen molar-refractivity contribution < 1.29 is 9.21 Å². The van der Waals surface area contributed by atoms with Gasteiger partial charge in [-0.3, -0.25) is 4.79 Å². The van der Waals surface area contributed by atoms with Crippen molar-refractivity contribution in [3.05, 3.63) is 36.1 Å². The summed E-state index contributed by atoms with van der Waals surface area (Å²) in [4.78, 5) is 14.4. The lowest BCUT2D eigenvalue weighted by molar-refractivity contribution is 0.0620. The van der Waals surface area contributed by atoms with Crippen LogP contribution in [0.25, 0.3) is 11.0 Å². The highest BCUT2D eigenvalue weighted by Gasteiger charge is 2.29. The lowest BCUT2D eigenvalue weighted by atomic mass is 9.90. The number of hydrogen-bond donors (Lipinski definition) is 1. The minimum absolute atomic E-state index is 0.0217. The molecule has 20 heavy (non-hydrogen) atoms. The SMILES string of the molecule is CCC1CN(C(=O)c2cc3ccccc3o2)CCC1N. The highest BCUT2D eigenvalue weighted by atomic mass is 16.3. The van der Waals surface area contributed by atoms with Crippen molar-refractivity contribution in [2.45, 2.75) is 25.8 Å². The van der Waals surface area contributed by atoms with E-state index in [4.69, 9.17) is 10.2 Å². The molecule has 0 aliphatic carbocycles. The molecule has 2 atom stereocenters. The number of hydrogen-bond acceptors (Lipinski definition) is 3. The molecule has 0 bridgehead atoms. The van der Waals surface area contributed by atoms with Gasteiger partial charge in [-0.05, 0) is 24.5 Å². The fraction of sp³-hybridized carbons (Fsp3) is 0.438. The molecule has 1 saturated heterocycles. The van der Waals surface area contributed by atoms with Gasteiger partial charge in [0.2, 0.25) is 0 Å². The lowest BCUT2D eigenvalue weighted by Crippen LogP contribution is -2.48. The Balaban J connectivity index is 1.81. The highest BCUT2D eigenvalue weighted by molar-refractivity contribution is 5.96. The Morgan fingerprint density at radius 2 is 2.25 bits per heavy atom. The zero-order valence-electron chi connectivity index (χ0n) is 11.7. The molecule has 4 nitrogen and oxygen atoms in total. The van der Waals surface area contributed by atoms with Crippen molar-refractivity contribution in [1.82, 2.24) is 4.90 Å². The van der Waals surface area contributed by atoms with Crippen LogP contribution in [0.5, 0.6) is 0 Å². The van der Waals surface area contributed by atoms with Crippen LogP contribution in [0.1, 0.15) is 30.3 Å². The molecule has 1 aliphatic rings. The fourth-order valence-electron chi connectivity index (χ4n) is 2.91. The van der Waals surface area contributed by atoms with Crippen molar-refractivity contribution in [3.63, 3.8) is 0 Å². The predicted octanol–water partition coefficient (Wildman–Crippen LogP) is 2.63. The van der Waals surface area contributed by atoms with Crippen LogP contribution in [0.4, 0.5) is 0 Å². The minimum Gasteiger partial charge on any atom is -0.451 e. The first-order chi connectivity index (χ1) is 9.69. The Morgan fingerprint density at radius 3 is 3.00 bits per heavy atom. The first kappa shape index (κ1) is 13.2. The molecule has 3 rings (SSSR count). The van der Waals surface area contributed by atoms with E-state index in [0.717, 1.165) is 30.4 Å². The standard InChI is InChI=1S/C16H20N2O2/c1-2-11-10-18(8-7-13(11)17)16(19)15-9-12-5-3-4-6-14(12)20-15/h3-6,9,11,13H,2,7-8,10,17H2,1H3. The van der Waals surface area contributed by atoms with E-state index in [1.165, 1.54) is 0 Å². The van der Waals surface area contributed by atoms with Gasteiger partial charge in [0.05, 0.1) is 0 Å². The summed E-state index contributed by atoms with van der Waals surface area (Å²) in [6.45, 7) is 3.57. The summed E-state index contributed by atoms with van der Waals surface area (Å²) in [7, 11) is 0. The number of carbonyl (C=O) groups is 1. The van der Waals surface area contributed by atoms with E-state index in [1.54, 1.807) is 0 Å². The van der Waals surface area contributed by atoms with Crippen LogP contribution in [0, 0.1) is 5.92 Å². The lowest BCUT2D eigenvalue weighted by Gasteiger charge is -2.36. The zero-order valence-corrected chi connectivity index (χ0v) is 11.7. The van der Waals surface area contributed by atoms with Gasteiger partial charge in [-0.15, -0.1) is 0 Å². The third-order valence-corrected chi connectivity index (χ3v) is 4.24. The van der Waals surface area contributed by atoms with Gasteiger partial charge in [0, 0.05) is 24.5 Å². The number of likely N-dealkylation sites (tertiary alicyclic amines) is 1. The Morgan fingerprint density at radius 1 is 1.45 bits per heavy atom. The van der Waals surface area contributed by atoms with Crippen molar-refractivity contribution in [2.75, 3.05) is 13.1 Å². The average Bonchev–Trinajstić information content (AvgIpc) is 2.91. The van der Waals surface area contributed by atoms with Gasteiger partial charge < -0.3 is 15.1 Å². The average molecular weight is 272 g/mol. The number of furan rings is 1. The molecule has 0 radical (unpaired) electrons. The summed E-state index contributed by atoms with van der Waals surface area (Å²) < 4.78 is 5.66. The second kappa shape index (κ2) is 5.29. The number of nitrogens with two attached hydrogens (primary N) is 1. The first-order valence-corrected chi connectivity index (χ1v) is 7.22. The van der Waals surface area contributed by atoms with Crippen LogP contribution in [-0.4, -0.2) is 29.9 Å². The van der Waals surface area contributed by atoms with Crippen molar-refractivity contribution >= 4 is 16.9 Å². The second-order valence-corrected chi connectivity index (χ2v) is 5.52. The van der Waals surface area contributed by atoms with Gasteiger partial charge in [-0.2, -0.15) is 0 Å². The third-order valence-electron chi connectivity index (χ3n) is 4.24. The largest absolute Gasteiger partial charge is 0.451 e. The Bertz CT molecular complexity index is 587. The first-order valence-electron chi connectivity index (χ1n) is 7.22. The summed E-state index contributed by atoms with van der Waals surface area (Å²) in [5.74, 6) is 0.792. The van der Waals surface area contributed by atoms with Gasteiger partial charge in [0.25, 0.3) is 5.91 Å². The zero-order chi connectivity index (χ0) is 14.1. The molecule has 1 aliphatic heterocycles. The van der Waals surface area contributed by atoms with Crippen molar-refractivity contribution in [2.24, 2.45) is 11.7 Å². The maximum absolute atomic E-state index is 12.5. The molecule has 2 aromatic rings. The molecule has 1 fully saturated rings. The number of piperidine rings is 1. The van der Waals surface area contributed by atoms with Gasteiger partial charge in [-0.25, -0.2) is 0 Å². The van der Waals surface area contributed by atoms with Crippen molar-refractivity contribution in [3.8, 4) is 0 Å². The fourth-order valence-corrected chi connectivity index (χ4v) is 2.91. The van der Waals surface area contributed by atoms with Gasteiger partial charge in [0.1, 0.15) is 5.58 Å². The summed E-state index contributed by atoms with van der Waals surface area (Å²) >= 11 is 0. The number of carbonyl (C=O) groups excluding carboxylic acids is 1. The summed E-state index contributed by atoms with van der Waals surface area (Å²) in [5.41, 5.74) is 6.85. The topological polar surface area (TPSA) is 59.5 Å². The normalized spacial score (nSPS) is 23.2. The van der Waals surface area contributed by atoms with E-state index in [2.05, 4.69) is 6.92 Å². The number of rotatable bonds is 2. The molecule has 0 saturated carbocycles. The Labute approximate surface area is 118 Å². The second-order valence-electron chi connectivity index (χ2n) is 5.52. The van der Waals surface area contributed by atoms with Gasteiger partial charge >= 0.3 is 0 Å². The van der Waals surface area contributed by atoms with E-state index in [-0.39, 0.29) is 11.9 Å². The Hall–Kier alpha value is -1.81. The quantitative estimate of drug-likeness (QED) is 0.914. The van der Waals surface area contributed by atoms with E-state index in [1.807, 2.05) is 35.2 Å². The van der Waals surface area contributed by atoms with E-state index < -0.39 is 0 Å². The van der Waals surface area contributed by atoms with Crippen molar-refractivity contribution in [1.29, 1.82) is 0 Å². The Kier molecular flexibility index (Phi) is 3.49. The summed E-state index contributed by atoms with van der Waals surface area (Å²) in [6, 6.07) is 9.73. The number of benzene rings is 1. The maximum atomic E-state index is 12.5. The molecule has 1 amide bonds. The van der Waals surface area contributed by atoms with Crippen LogP contribution in [0.15, 0.2) is 34.7 Å². The van der Waals surface area contributed by atoms with Crippen LogP contribution >= 0.6 is 0 Å². The highest BCUT2D eigenvalue weighted by Crippen LogP contribution is 2.23. The van der Waals surface area contributed by atoms with Crippen LogP contribution in [-0.2, 0) is 0 Å². The minimum atomic E-state index is -0.0217. The number of para-hydroxylation sites is 1. The molecule has 106 valence electrons. The third kappa shape index (κ3) is 2.31. The van der Waals surface area contributed by atoms with Crippen LogP contribution in [0.2, 0.25) is 0 Å². The maximum Gasteiger partial charge on any atom is 0.289 e. The molecule has 0 spiro atoms. The van der Waals surface area contributed by atoms with E-state index in [9.17, 15) is 4.79 Å². The molecule has 2 N–H and O–H groups in total. The van der Waals surface area contributed by atoms with Gasteiger partial charge in [0.15, 0.2) is 5.76 Å². The molecule has 2 heterocycles. The molecular weight excluding hydrogens is 252 g/mol. The molecule has 2 unspecified atom stereocenters. The van der Waals surface area contributed by atoms with E-state index >= 15 is 0 Å². The molecule has 1 aromatic carbocycles. The summed E-state index contributed by atoms with van der Waals surface area (Å²) in [5, 5.41) is 0.969. The number of amides is 1. The van der Waals surface area contributed by atoms with Gasteiger partial charge in [-0.1, -0.05) is 31.5 Å². The number of nitrogens with zero attached hydrogens (tertiary/aromatic N) is 1. The number of fused-ring (bicyclic) bond motifs is 1. The summed E-state index contributed by atoms with van der Waals surface area (Å²) in [6.07, 6.45) is 1.87. The molecular formula is C16H20N2O2. The molecule has 1 aromatic heterocycles. The smallest absolute Gasteiger partial charge is 0.289 e. The van der Waals surface area contributed by atoms with E-state index in [0.29, 0.717) is 18.2 Å². The predicted molar refractivity (Wildman–Crippen MR) is 78.5 cm³/mol. The van der Waals surface area contributed by atoms with Crippen LogP contribution in [0.3, 0.4) is 0 Å². The van der Waals surface area contributed by atoms with Crippen LogP contribution < -0.4 is 5.73 Å².